The van der Waals surface area contributed by atoms with Crippen LogP contribution < -0.4 is 0 Å². The van der Waals surface area contributed by atoms with Crippen molar-refractivity contribution in [3.63, 3.8) is 0 Å². The first kappa shape index (κ1) is 15.3. The van der Waals surface area contributed by atoms with Gasteiger partial charge >= 0.3 is 0 Å². The molecule has 3 fully saturated rings. The van der Waals surface area contributed by atoms with Gasteiger partial charge in [-0.1, -0.05) is 26.2 Å². The lowest BCUT2D eigenvalue weighted by Gasteiger charge is -2.40. The standard InChI is InChI=1S/C17H29NO3/c1-2-14(17(21)8-4-3-5-9-17)16(20)18-13-6-7-15(18)12(10-13)11-19/h12-15,19,21H,2-11H2,1H3. The molecule has 3 rings (SSSR count). The SMILES string of the molecule is CCC(C(=O)N1C2CCC1C(CO)C2)C1(O)CCCCC1. The second kappa shape index (κ2) is 5.88. The Labute approximate surface area is 127 Å². The zero-order valence-corrected chi connectivity index (χ0v) is 13.1. The number of hydrogen-bond acceptors (Lipinski definition) is 3. The summed E-state index contributed by atoms with van der Waals surface area (Å²) in [5.41, 5.74) is -0.791. The second-order valence-corrected chi connectivity index (χ2v) is 7.35. The molecular formula is C17H29NO3. The minimum absolute atomic E-state index is 0.158. The average Bonchev–Trinajstić information content (AvgIpc) is 3.05. The van der Waals surface area contributed by atoms with Gasteiger partial charge in [0.1, 0.15) is 0 Å². The maximum Gasteiger partial charge on any atom is 0.229 e. The predicted octanol–water partition coefficient (Wildman–Crippen LogP) is 2.08. The molecule has 2 bridgehead atoms. The highest BCUT2D eigenvalue weighted by molar-refractivity contribution is 5.81. The van der Waals surface area contributed by atoms with Crippen molar-refractivity contribution >= 4 is 5.91 Å². The lowest BCUT2D eigenvalue weighted by atomic mass is 9.74. The van der Waals surface area contributed by atoms with Crippen molar-refractivity contribution in [1.82, 2.24) is 4.90 Å². The number of fused-ring (bicyclic) bond motifs is 2. The largest absolute Gasteiger partial charge is 0.396 e. The molecule has 1 saturated carbocycles. The van der Waals surface area contributed by atoms with Crippen LogP contribution in [0.15, 0.2) is 0 Å². The minimum Gasteiger partial charge on any atom is -0.396 e. The van der Waals surface area contributed by atoms with E-state index >= 15 is 0 Å². The second-order valence-electron chi connectivity index (χ2n) is 7.35. The van der Waals surface area contributed by atoms with E-state index in [9.17, 15) is 15.0 Å². The normalized spacial score (nSPS) is 36.0. The van der Waals surface area contributed by atoms with Gasteiger partial charge in [-0.05, 0) is 38.5 Å². The fraction of sp³-hybridized carbons (Fsp3) is 0.941. The lowest BCUT2D eigenvalue weighted by Crippen LogP contribution is -2.51. The van der Waals surface area contributed by atoms with E-state index in [4.69, 9.17) is 0 Å². The number of amides is 1. The molecule has 4 unspecified atom stereocenters. The Balaban J connectivity index is 1.77. The van der Waals surface area contributed by atoms with Gasteiger partial charge in [0, 0.05) is 24.6 Å². The van der Waals surface area contributed by atoms with Gasteiger partial charge in [0.2, 0.25) is 5.91 Å². The summed E-state index contributed by atoms with van der Waals surface area (Å²) in [5.74, 6) is 0.162. The molecule has 2 aliphatic heterocycles. The highest BCUT2D eigenvalue weighted by Gasteiger charge is 2.52. The Kier molecular flexibility index (Phi) is 4.28. The minimum atomic E-state index is -0.791. The van der Waals surface area contributed by atoms with Gasteiger partial charge in [0.15, 0.2) is 0 Å². The number of hydrogen-bond donors (Lipinski definition) is 2. The van der Waals surface area contributed by atoms with Crippen LogP contribution in [-0.2, 0) is 4.79 Å². The van der Waals surface area contributed by atoms with Crippen LogP contribution in [0, 0.1) is 11.8 Å². The van der Waals surface area contributed by atoms with Crippen LogP contribution in [0.4, 0.5) is 0 Å². The fourth-order valence-electron chi connectivity index (χ4n) is 5.13. The molecule has 0 aromatic carbocycles. The van der Waals surface area contributed by atoms with Crippen molar-refractivity contribution in [2.75, 3.05) is 6.61 Å². The Morgan fingerprint density at radius 1 is 1.29 bits per heavy atom. The molecule has 0 spiro atoms. The predicted molar refractivity (Wildman–Crippen MR) is 80.7 cm³/mol. The third-order valence-electron chi connectivity index (χ3n) is 6.23. The van der Waals surface area contributed by atoms with E-state index in [2.05, 4.69) is 0 Å². The molecule has 0 radical (unpaired) electrons. The van der Waals surface area contributed by atoms with E-state index in [1.54, 1.807) is 0 Å². The molecule has 21 heavy (non-hydrogen) atoms. The molecule has 2 N–H and O–H groups in total. The quantitative estimate of drug-likeness (QED) is 0.835. The number of aliphatic hydroxyl groups is 2. The van der Waals surface area contributed by atoms with Crippen molar-refractivity contribution in [2.45, 2.75) is 82.4 Å². The van der Waals surface area contributed by atoms with Crippen molar-refractivity contribution in [1.29, 1.82) is 0 Å². The Hall–Kier alpha value is -0.610. The van der Waals surface area contributed by atoms with Gasteiger partial charge < -0.3 is 15.1 Å². The molecule has 4 nitrogen and oxygen atoms in total. The van der Waals surface area contributed by atoms with Crippen LogP contribution in [0.25, 0.3) is 0 Å². The van der Waals surface area contributed by atoms with E-state index in [1.807, 2.05) is 11.8 Å². The Morgan fingerprint density at radius 3 is 2.57 bits per heavy atom. The molecular weight excluding hydrogens is 266 g/mol. The van der Waals surface area contributed by atoms with Gasteiger partial charge in [0.05, 0.1) is 11.5 Å². The summed E-state index contributed by atoms with van der Waals surface area (Å²) in [6.45, 7) is 2.21. The Bertz CT molecular complexity index is 391. The van der Waals surface area contributed by atoms with Crippen LogP contribution in [0.1, 0.15) is 64.7 Å². The lowest BCUT2D eigenvalue weighted by molar-refractivity contribution is -0.150. The van der Waals surface area contributed by atoms with Crippen molar-refractivity contribution < 1.29 is 15.0 Å². The summed E-state index contributed by atoms with van der Waals surface area (Å²) in [4.78, 5) is 15.1. The van der Waals surface area contributed by atoms with Crippen LogP contribution in [0.3, 0.4) is 0 Å². The first-order chi connectivity index (χ1) is 10.1. The van der Waals surface area contributed by atoms with Gasteiger partial charge in [0.25, 0.3) is 0 Å². The van der Waals surface area contributed by atoms with Crippen molar-refractivity contribution in [3.8, 4) is 0 Å². The van der Waals surface area contributed by atoms with Crippen LogP contribution >= 0.6 is 0 Å². The molecule has 4 heteroatoms. The summed E-state index contributed by atoms with van der Waals surface area (Å²) in [5, 5.41) is 20.5. The first-order valence-corrected chi connectivity index (χ1v) is 8.76. The molecule has 1 aliphatic carbocycles. The van der Waals surface area contributed by atoms with E-state index in [-0.39, 0.29) is 30.4 Å². The van der Waals surface area contributed by atoms with Gasteiger partial charge in [-0.2, -0.15) is 0 Å². The average molecular weight is 295 g/mol. The van der Waals surface area contributed by atoms with Crippen molar-refractivity contribution in [3.05, 3.63) is 0 Å². The van der Waals surface area contributed by atoms with Gasteiger partial charge in [-0.15, -0.1) is 0 Å². The summed E-state index contributed by atoms with van der Waals surface area (Å²) in [6, 6.07) is 0.523. The van der Waals surface area contributed by atoms with Crippen LogP contribution in [0.2, 0.25) is 0 Å². The maximum atomic E-state index is 13.1. The summed E-state index contributed by atoms with van der Waals surface area (Å²) >= 11 is 0. The van der Waals surface area contributed by atoms with E-state index in [0.717, 1.165) is 51.4 Å². The monoisotopic (exact) mass is 295 g/mol. The molecule has 3 aliphatic rings. The third kappa shape index (κ3) is 2.50. The number of carbonyl (C=O) groups excluding carboxylic acids is 1. The third-order valence-corrected chi connectivity index (χ3v) is 6.23. The fourth-order valence-corrected chi connectivity index (χ4v) is 5.13. The highest BCUT2D eigenvalue weighted by Crippen LogP contribution is 2.45. The molecule has 1 amide bonds. The molecule has 4 atom stereocenters. The van der Waals surface area contributed by atoms with E-state index < -0.39 is 5.60 Å². The summed E-state index contributed by atoms with van der Waals surface area (Å²) in [7, 11) is 0. The number of aliphatic hydroxyl groups excluding tert-OH is 1. The van der Waals surface area contributed by atoms with Crippen molar-refractivity contribution in [2.24, 2.45) is 11.8 Å². The molecule has 2 saturated heterocycles. The first-order valence-electron chi connectivity index (χ1n) is 8.76. The molecule has 120 valence electrons. The Morgan fingerprint density at radius 2 is 2.00 bits per heavy atom. The zero-order chi connectivity index (χ0) is 15.0. The molecule has 0 aromatic heterocycles. The smallest absolute Gasteiger partial charge is 0.229 e. The van der Waals surface area contributed by atoms with E-state index in [0.29, 0.717) is 6.04 Å². The van der Waals surface area contributed by atoms with Crippen LogP contribution in [-0.4, -0.2) is 45.3 Å². The molecule has 0 aromatic rings. The number of carbonyl (C=O) groups is 1. The highest BCUT2D eigenvalue weighted by atomic mass is 16.3. The number of rotatable bonds is 4. The van der Waals surface area contributed by atoms with Crippen LogP contribution in [0.5, 0.6) is 0 Å². The summed E-state index contributed by atoms with van der Waals surface area (Å²) < 4.78 is 0. The van der Waals surface area contributed by atoms with Gasteiger partial charge in [-0.25, -0.2) is 0 Å². The molecule has 2 heterocycles. The zero-order valence-electron chi connectivity index (χ0n) is 13.1. The topological polar surface area (TPSA) is 60.8 Å². The summed E-state index contributed by atoms with van der Waals surface area (Å²) in [6.07, 6.45) is 8.54. The van der Waals surface area contributed by atoms with Gasteiger partial charge in [-0.3, -0.25) is 4.79 Å². The number of nitrogens with zero attached hydrogens (tertiary/aromatic N) is 1. The van der Waals surface area contributed by atoms with E-state index in [1.165, 1.54) is 6.42 Å². The maximum absolute atomic E-state index is 13.1.